The molecule has 0 saturated carbocycles. The molecule has 130 valence electrons. The van der Waals surface area contributed by atoms with Crippen LogP contribution in [0.15, 0.2) is 60.8 Å². The molecule has 0 aliphatic heterocycles. The molecular formula is C21H20N4O. The average molecular weight is 344 g/mol. The van der Waals surface area contributed by atoms with E-state index in [4.69, 9.17) is 9.72 Å². The summed E-state index contributed by atoms with van der Waals surface area (Å²) in [5.41, 5.74) is 5.93. The first-order valence-corrected chi connectivity index (χ1v) is 8.49. The topological polar surface area (TPSA) is 51.5 Å². The summed E-state index contributed by atoms with van der Waals surface area (Å²) < 4.78 is 7.19. The first-order chi connectivity index (χ1) is 12.7. The Labute approximate surface area is 152 Å². The van der Waals surface area contributed by atoms with Crippen LogP contribution in [0.4, 0.5) is 11.5 Å². The van der Waals surface area contributed by atoms with Gasteiger partial charge in [-0.1, -0.05) is 36.4 Å². The maximum Gasteiger partial charge on any atom is 0.165 e. The highest BCUT2D eigenvalue weighted by atomic mass is 16.5. The highest BCUT2D eigenvalue weighted by Gasteiger charge is 2.15. The van der Waals surface area contributed by atoms with Crippen molar-refractivity contribution in [3.8, 4) is 16.9 Å². The van der Waals surface area contributed by atoms with Gasteiger partial charge in [-0.3, -0.25) is 0 Å². The predicted octanol–water partition coefficient (Wildman–Crippen LogP) is 4.77. The molecule has 0 aliphatic rings. The van der Waals surface area contributed by atoms with Crippen molar-refractivity contribution in [1.82, 2.24) is 14.6 Å². The van der Waals surface area contributed by atoms with Gasteiger partial charge in [-0.15, -0.1) is 0 Å². The van der Waals surface area contributed by atoms with Gasteiger partial charge in [-0.05, 0) is 31.5 Å². The van der Waals surface area contributed by atoms with Gasteiger partial charge in [0.15, 0.2) is 5.65 Å². The minimum Gasteiger partial charge on any atom is -0.497 e. The van der Waals surface area contributed by atoms with Crippen molar-refractivity contribution < 1.29 is 4.74 Å². The Kier molecular flexibility index (Phi) is 4.05. The molecule has 0 atom stereocenters. The maximum absolute atomic E-state index is 5.32. The standard InChI is InChI=1S/C21H20N4O/c1-14-15(2)23-21-19(16-8-5-4-6-9-16)13-22-25(21)20(14)24-17-10-7-11-18(12-17)26-3/h4-13,24H,1-3H3. The summed E-state index contributed by atoms with van der Waals surface area (Å²) in [7, 11) is 1.67. The van der Waals surface area contributed by atoms with Gasteiger partial charge in [0.25, 0.3) is 0 Å². The van der Waals surface area contributed by atoms with Gasteiger partial charge in [0, 0.05) is 28.6 Å². The minimum absolute atomic E-state index is 0.806. The van der Waals surface area contributed by atoms with E-state index in [1.54, 1.807) is 7.11 Å². The fourth-order valence-electron chi connectivity index (χ4n) is 2.99. The lowest BCUT2D eigenvalue weighted by Crippen LogP contribution is -2.06. The first-order valence-electron chi connectivity index (χ1n) is 8.49. The number of rotatable bonds is 4. The number of ether oxygens (including phenoxy) is 1. The second-order valence-corrected chi connectivity index (χ2v) is 6.19. The summed E-state index contributed by atoms with van der Waals surface area (Å²) in [6.07, 6.45) is 1.87. The maximum atomic E-state index is 5.32. The van der Waals surface area contributed by atoms with Crippen molar-refractivity contribution in [1.29, 1.82) is 0 Å². The van der Waals surface area contributed by atoms with Gasteiger partial charge in [0.05, 0.1) is 13.3 Å². The fourth-order valence-corrected chi connectivity index (χ4v) is 2.99. The van der Waals surface area contributed by atoms with Crippen molar-refractivity contribution >= 4 is 17.2 Å². The zero-order valence-corrected chi connectivity index (χ0v) is 15.0. The number of aromatic nitrogens is 3. The third-order valence-corrected chi connectivity index (χ3v) is 4.54. The van der Waals surface area contributed by atoms with E-state index in [0.29, 0.717) is 0 Å². The summed E-state index contributed by atoms with van der Waals surface area (Å²) in [4.78, 5) is 4.78. The summed E-state index contributed by atoms with van der Waals surface area (Å²) in [6.45, 7) is 4.07. The quantitative estimate of drug-likeness (QED) is 0.580. The number of nitrogens with one attached hydrogen (secondary N) is 1. The zero-order chi connectivity index (χ0) is 18.1. The van der Waals surface area contributed by atoms with Crippen LogP contribution in [0, 0.1) is 13.8 Å². The van der Waals surface area contributed by atoms with Gasteiger partial charge < -0.3 is 10.1 Å². The van der Waals surface area contributed by atoms with E-state index in [1.165, 1.54) is 0 Å². The number of fused-ring (bicyclic) bond motifs is 1. The molecule has 4 aromatic rings. The fraction of sp³-hybridized carbons (Fsp3) is 0.143. The molecule has 0 radical (unpaired) electrons. The van der Waals surface area contributed by atoms with Crippen LogP contribution in [0.1, 0.15) is 11.3 Å². The monoisotopic (exact) mass is 344 g/mol. The third-order valence-electron chi connectivity index (χ3n) is 4.54. The summed E-state index contributed by atoms with van der Waals surface area (Å²) in [6, 6.07) is 18.0. The van der Waals surface area contributed by atoms with Crippen LogP contribution >= 0.6 is 0 Å². The van der Waals surface area contributed by atoms with Gasteiger partial charge in [-0.25, -0.2) is 4.98 Å². The smallest absolute Gasteiger partial charge is 0.165 e. The Balaban J connectivity index is 1.86. The van der Waals surface area contributed by atoms with Crippen LogP contribution in [-0.2, 0) is 0 Å². The molecule has 5 nitrogen and oxygen atoms in total. The highest BCUT2D eigenvalue weighted by molar-refractivity contribution is 5.79. The summed E-state index contributed by atoms with van der Waals surface area (Å²) in [5, 5.41) is 8.07. The van der Waals surface area contributed by atoms with E-state index in [-0.39, 0.29) is 0 Å². The van der Waals surface area contributed by atoms with E-state index >= 15 is 0 Å². The van der Waals surface area contributed by atoms with E-state index in [2.05, 4.69) is 22.5 Å². The molecule has 0 saturated heterocycles. The number of aryl methyl sites for hydroxylation is 1. The van der Waals surface area contributed by atoms with Crippen molar-refractivity contribution in [3.05, 3.63) is 72.1 Å². The van der Waals surface area contributed by atoms with Crippen molar-refractivity contribution in [2.75, 3.05) is 12.4 Å². The van der Waals surface area contributed by atoms with E-state index in [0.717, 1.165) is 45.3 Å². The molecule has 0 spiro atoms. The second kappa shape index (κ2) is 6.52. The Bertz CT molecular complexity index is 1070. The number of hydrogen-bond donors (Lipinski definition) is 1. The Morgan fingerprint density at radius 3 is 2.58 bits per heavy atom. The van der Waals surface area contributed by atoms with Crippen LogP contribution < -0.4 is 10.1 Å². The molecule has 0 amide bonds. The number of anilines is 2. The number of hydrogen-bond acceptors (Lipinski definition) is 4. The van der Waals surface area contributed by atoms with Crippen LogP contribution in [0.2, 0.25) is 0 Å². The Morgan fingerprint density at radius 2 is 1.81 bits per heavy atom. The molecule has 4 rings (SSSR count). The largest absolute Gasteiger partial charge is 0.497 e. The normalized spacial score (nSPS) is 10.9. The molecule has 1 N–H and O–H groups in total. The highest BCUT2D eigenvalue weighted by Crippen LogP contribution is 2.30. The molecule has 0 unspecified atom stereocenters. The molecule has 26 heavy (non-hydrogen) atoms. The summed E-state index contributed by atoms with van der Waals surface area (Å²) in [5.74, 6) is 1.71. The number of methoxy groups -OCH3 is 1. The van der Waals surface area contributed by atoms with Crippen LogP contribution in [0.5, 0.6) is 5.75 Å². The van der Waals surface area contributed by atoms with Crippen LogP contribution in [-0.4, -0.2) is 21.7 Å². The average Bonchev–Trinajstić information content (AvgIpc) is 3.09. The summed E-state index contributed by atoms with van der Waals surface area (Å²) >= 11 is 0. The van der Waals surface area contributed by atoms with Crippen molar-refractivity contribution in [2.24, 2.45) is 0 Å². The second-order valence-electron chi connectivity index (χ2n) is 6.19. The molecule has 0 bridgehead atoms. The molecule has 5 heteroatoms. The van der Waals surface area contributed by atoms with E-state index in [9.17, 15) is 0 Å². The Hall–Kier alpha value is -3.34. The molecule has 2 heterocycles. The minimum atomic E-state index is 0.806. The van der Waals surface area contributed by atoms with Crippen LogP contribution in [0.3, 0.4) is 0 Å². The zero-order valence-electron chi connectivity index (χ0n) is 15.0. The van der Waals surface area contributed by atoms with Gasteiger partial charge in [-0.2, -0.15) is 9.61 Å². The van der Waals surface area contributed by atoms with Gasteiger partial charge >= 0.3 is 0 Å². The molecule has 0 aliphatic carbocycles. The SMILES string of the molecule is COc1cccc(Nc2c(C)c(C)nc3c(-c4ccccc4)cnn23)c1. The lowest BCUT2D eigenvalue weighted by atomic mass is 10.1. The molecule has 2 aromatic carbocycles. The van der Waals surface area contributed by atoms with Gasteiger partial charge in [0.2, 0.25) is 0 Å². The predicted molar refractivity (Wildman–Crippen MR) is 104 cm³/mol. The molecule has 2 aromatic heterocycles. The van der Waals surface area contributed by atoms with E-state index < -0.39 is 0 Å². The van der Waals surface area contributed by atoms with Crippen molar-refractivity contribution in [2.45, 2.75) is 13.8 Å². The number of nitrogens with zero attached hydrogens (tertiary/aromatic N) is 3. The van der Waals surface area contributed by atoms with Crippen LogP contribution in [0.25, 0.3) is 16.8 Å². The van der Waals surface area contributed by atoms with Gasteiger partial charge in [0.1, 0.15) is 11.6 Å². The third kappa shape index (κ3) is 2.77. The Morgan fingerprint density at radius 1 is 1.00 bits per heavy atom. The van der Waals surface area contributed by atoms with Crippen molar-refractivity contribution in [3.63, 3.8) is 0 Å². The lowest BCUT2D eigenvalue weighted by molar-refractivity contribution is 0.415. The first kappa shape index (κ1) is 16.1. The number of benzene rings is 2. The van der Waals surface area contributed by atoms with E-state index in [1.807, 2.05) is 67.0 Å². The lowest BCUT2D eigenvalue weighted by Gasteiger charge is -2.14. The molecule has 0 fully saturated rings. The molecular weight excluding hydrogens is 324 g/mol.